The molecular formula is C15H12N4S2. The molecular weight excluding hydrogens is 300 g/mol. The maximum atomic E-state index is 4.36. The van der Waals surface area contributed by atoms with Crippen molar-refractivity contribution in [3.8, 4) is 0 Å². The summed E-state index contributed by atoms with van der Waals surface area (Å²) in [6.07, 6.45) is 0. The molecule has 0 fully saturated rings. The van der Waals surface area contributed by atoms with Crippen LogP contribution in [0.15, 0.2) is 80.7 Å². The van der Waals surface area contributed by atoms with Crippen LogP contribution in [0.5, 0.6) is 0 Å². The molecule has 0 saturated carbocycles. The fourth-order valence-electron chi connectivity index (χ4n) is 1.61. The van der Waals surface area contributed by atoms with E-state index in [4.69, 9.17) is 0 Å². The maximum absolute atomic E-state index is 4.36. The normalized spacial score (nSPS) is 11.9. The lowest BCUT2D eigenvalue weighted by Gasteiger charge is -2.00. The highest BCUT2D eigenvalue weighted by Crippen LogP contribution is 2.20. The van der Waals surface area contributed by atoms with Gasteiger partial charge in [0.2, 0.25) is 5.84 Å². The molecule has 0 unspecified atom stereocenters. The summed E-state index contributed by atoms with van der Waals surface area (Å²) in [4.78, 5) is 0. The third kappa shape index (κ3) is 3.84. The van der Waals surface area contributed by atoms with Crippen molar-refractivity contribution in [2.24, 2.45) is 15.3 Å². The van der Waals surface area contributed by atoms with Crippen LogP contribution < -0.4 is 5.43 Å². The number of rotatable bonds is 4. The first kappa shape index (κ1) is 13.7. The standard InChI is InChI=1S/C15H12N4S2/c1-2-6-12(7-3-1)15(18-16-13-8-4-10-20-13)19-17-14-9-5-11-21-14/h1-11,16H/b18-15+,19-17+. The van der Waals surface area contributed by atoms with Gasteiger partial charge in [0.1, 0.15) is 10.0 Å². The van der Waals surface area contributed by atoms with E-state index in [-0.39, 0.29) is 0 Å². The molecule has 4 nitrogen and oxygen atoms in total. The number of anilines is 1. The molecule has 1 N–H and O–H groups in total. The van der Waals surface area contributed by atoms with Crippen molar-refractivity contribution >= 4 is 38.5 Å². The summed E-state index contributed by atoms with van der Waals surface area (Å²) in [7, 11) is 0. The molecule has 6 heteroatoms. The zero-order chi connectivity index (χ0) is 14.3. The second kappa shape index (κ2) is 6.92. The summed E-state index contributed by atoms with van der Waals surface area (Å²) in [5.41, 5.74) is 3.93. The monoisotopic (exact) mass is 312 g/mol. The molecule has 104 valence electrons. The van der Waals surface area contributed by atoms with E-state index >= 15 is 0 Å². The highest BCUT2D eigenvalue weighted by Gasteiger charge is 2.02. The Balaban J connectivity index is 1.85. The fourth-order valence-corrected chi connectivity index (χ4v) is 2.71. The minimum Gasteiger partial charge on any atom is -0.266 e. The predicted molar refractivity (Wildman–Crippen MR) is 89.8 cm³/mol. The summed E-state index contributed by atoms with van der Waals surface area (Å²) in [5, 5.41) is 18.6. The fraction of sp³-hybridized carbons (Fsp3) is 0. The molecule has 1 aromatic carbocycles. The number of azo groups is 1. The van der Waals surface area contributed by atoms with Crippen LogP contribution in [0.2, 0.25) is 0 Å². The smallest absolute Gasteiger partial charge is 0.201 e. The number of hydrazone groups is 1. The van der Waals surface area contributed by atoms with Crippen molar-refractivity contribution in [2.75, 3.05) is 5.43 Å². The van der Waals surface area contributed by atoms with Crippen molar-refractivity contribution in [1.29, 1.82) is 0 Å². The Kier molecular flexibility index (Phi) is 4.50. The minimum absolute atomic E-state index is 0.553. The van der Waals surface area contributed by atoms with E-state index in [9.17, 15) is 0 Å². The van der Waals surface area contributed by atoms with E-state index in [0.717, 1.165) is 15.6 Å². The second-order valence-electron chi connectivity index (χ2n) is 4.04. The van der Waals surface area contributed by atoms with E-state index in [1.54, 1.807) is 22.7 Å². The molecule has 0 aliphatic carbocycles. The van der Waals surface area contributed by atoms with Crippen LogP contribution in [0, 0.1) is 0 Å². The van der Waals surface area contributed by atoms with Crippen LogP contribution in [-0.4, -0.2) is 5.84 Å². The predicted octanol–water partition coefficient (Wildman–Crippen LogP) is 5.37. The first-order valence-electron chi connectivity index (χ1n) is 6.30. The van der Waals surface area contributed by atoms with Crippen LogP contribution in [0.25, 0.3) is 0 Å². The molecule has 0 spiro atoms. The maximum Gasteiger partial charge on any atom is 0.201 e. The first-order valence-corrected chi connectivity index (χ1v) is 8.05. The van der Waals surface area contributed by atoms with Gasteiger partial charge in [-0.3, -0.25) is 5.43 Å². The lowest BCUT2D eigenvalue weighted by Crippen LogP contribution is -2.00. The number of hydrogen-bond donors (Lipinski definition) is 1. The highest BCUT2D eigenvalue weighted by atomic mass is 32.1. The van der Waals surface area contributed by atoms with Gasteiger partial charge >= 0.3 is 0 Å². The van der Waals surface area contributed by atoms with E-state index < -0.39 is 0 Å². The zero-order valence-electron chi connectivity index (χ0n) is 11.0. The lowest BCUT2D eigenvalue weighted by atomic mass is 10.2. The van der Waals surface area contributed by atoms with Crippen molar-refractivity contribution in [2.45, 2.75) is 0 Å². The van der Waals surface area contributed by atoms with Crippen LogP contribution in [0.4, 0.5) is 10.0 Å². The molecule has 0 saturated heterocycles. The van der Waals surface area contributed by atoms with Crippen LogP contribution in [0.1, 0.15) is 5.56 Å². The number of nitrogens with one attached hydrogen (secondary N) is 1. The van der Waals surface area contributed by atoms with Gasteiger partial charge in [0, 0.05) is 5.56 Å². The van der Waals surface area contributed by atoms with Crippen molar-refractivity contribution in [3.05, 3.63) is 70.9 Å². The number of nitrogens with zero attached hydrogens (tertiary/aromatic N) is 3. The summed E-state index contributed by atoms with van der Waals surface area (Å²) >= 11 is 3.13. The van der Waals surface area contributed by atoms with Crippen LogP contribution >= 0.6 is 22.7 Å². The van der Waals surface area contributed by atoms with Gasteiger partial charge in [-0.05, 0) is 35.0 Å². The number of benzene rings is 1. The third-order valence-electron chi connectivity index (χ3n) is 2.57. The Morgan fingerprint density at radius 2 is 1.67 bits per heavy atom. The van der Waals surface area contributed by atoms with Gasteiger partial charge in [0.15, 0.2) is 0 Å². The average Bonchev–Trinajstić information content (AvgIpc) is 3.21. The Bertz CT molecular complexity index is 716. The van der Waals surface area contributed by atoms with Gasteiger partial charge < -0.3 is 0 Å². The summed E-state index contributed by atoms with van der Waals surface area (Å²) < 4.78 is 0. The van der Waals surface area contributed by atoms with Crippen LogP contribution in [-0.2, 0) is 0 Å². The summed E-state index contributed by atoms with van der Waals surface area (Å²) in [5.74, 6) is 0.553. The second-order valence-corrected chi connectivity index (χ2v) is 5.92. The molecule has 0 amide bonds. The van der Waals surface area contributed by atoms with Crippen molar-refractivity contribution < 1.29 is 0 Å². The first-order chi connectivity index (χ1) is 10.4. The molecule has 0 aliphatic rings. The molecule has 2 aromatic heterocycles. The van der Waals surface area contributed by atoms with Gasteiger partial charge in [0.05, 0.1) is 0 Å². The van der Waals surface area contributed by atoms with Gasteiger partial charge in [-0.2, -0.15) is 5.10 Å². The molecule has 0 bridgehead atoms. The molecule has 2 heterocycles. The van der Waals surface area contributed by atoms with E-state index in [1.807, 2.05) is 65.4 Å². The van der Waals surface area contributed by atoms with E-state index in [0.29, 0.717) is 5.84 Å². The lowest BCUT2D eigenvalue weighted by molar-refractivity contribution is 1.24. The molecule has 3 aromatic rings. The number of amidine groups is 1. The van der Waals surface area contributed by atoms with Crippen molar-refractivity contribution in [1.82, 2.24) is 0 Å². The molecule has 3 rings (SSSR count). The summed E-state index contributed by atoms with van der Waals surface area (Å²) in [6.45, 7) is 0. The molecule has 0 radical (unpaired) electrons. The third-order valence-corrected chi connectivity index (χ3v) is 4.10. The van der Waals surface area contributed by atoms with Gasteiger partial charge in [-0.25, -0.2) is 0 Å². The molecule has 21 heavy (non-hydrogen) atoms. The SMILES string of the molecule is c1ccc(C(/N=N/c2cccs2)=N\Nc2cccs2)cc1. The summed E-state index contributed by atoms with van der Waals surface area (Å²) in [6, 6.07) is 17.6. The molecule has 0 atom stereocenters. The van der Waals surface area contributed by atoms with Gasteiger partial charge in [-0.15, -0.1) is 32.9 Å². The largest absolute Gasteiger partial charge is 0.266 e. The van der Waals surface area contributed by atoms with Gasteiger partial charge in [0.25, 0.3) is 0 Å². The minimum atomic E-state index is 0.553. The number of hydrogen-bond acceptors (Lipinski definition) is 5. The van der Waals surface area contributed by atoms with Crippen LogP contribution in [0.3, 0.4) is 0 Å². The van der Waals surface area contributed by atoms with E-state index in [2.05, 4.69) is 20.8 Å². The Morgan fingerprint density at radius 3 is 2.38 bits per heavy atom. The molecule has 0 aliphatic heterocycles. The zero-order valence-corrected chi connectivity index (χ0v) is 12.6. The van der Waals surface area contributed by atoms with Gasteiger partial charge in [-0.1, -0.05) is 30.3 Å². The highest BCUT2D eigenvalue weighted by molar-refractivity contribution is 7.14. The average molecular weight is 312 g/mol. The Labute approximate surface area is 130 Å². The van der Waals surface area contributed by atoms with E-state index in [1.165, 1.54) is 0 Å². The van der Waals surface area contributed by atoms with Crippen molar-refractivity contribution in [3.63, 3.8) is 0 Å². The quantitative estimate of drug-likeness (QED) is 0.299. The topological polar surface area (TPSA) is 49.1 Å². The Hall–Kier alpha value is -2.31. The number of thiophene rings is 2. The Morgan fingerprint density at radius 1 is 0.857 bits per heavy atom.